The zero-order valence-electron chi connectivity index (χ0n) is 14.5. The van der Waals surface area contributed by atoms with Gasteiger partial charge >= 0.3 is 0 Å². The first-order valence-electron chi connectivity index (χ1n) is 8.68. The van der Waals surface area contributed by atoms with Crippen molar-refractivity contribution in [1.82, 2.24) is 9.80 Å². The molecule has 26 heavy (non-hydrogen) atoms. The molecule has 5 nitrogen and oxygen atoms in total. The summed E-state index contributed by atoms with van der Waals surface area (Å²) in [5, 5.41) is 0.541. The Labute approximate surface area is 158 Å². The van der Waals surface area contributed by atoms with Crippen molar-refractivity contribution in [3.8, 4) is 0 Å². The lowest BCUT2D eigenvalue weighted by atomic mass is 10.0. The van der Waals surface area contributed by atoms with Crippen molar-refractivity contribution < 1.29 is 9.59 Å². The molecule has 1 aliphatic heterocycles. The van der Waals surface area contributed by atoms with E-state index < -0.39 is 0 Å². The van der Waals surface area contributed by atoms with Gasteiger partial charge in [-0.05, 0) is 23.8 Å². The van der Waals surface area contributed by atoms with Crippen LogP contribution in [0.4, 0.5) is 0 Å². The highest BCUT2D eigenvalue weighted by Gasteiger charge is 2.26. The smallest absolute Gasteiger partial charge is 0.254 e. The van der Waals surface area contributed by atoms with Crippen LogP contribution in [0.1, 0.15) is 28.4 Å². The number of piperazine rings is 1. The van der Waals surface area contributed by atoms with Crippen molar-refractivity contribution in [2.24, 2.45) is 5.73 Å². The summed E-state index contributed by atoms with van der Waals surface area (Å²) in [6.45, 7) is 2.06. The van der Waals surface area contributed by atoms with Crippen LogP contribution >= 0.6 is 11.6 Å². The fourth-order valence-corrected chi connectivity index (χ4v) is 3.29. The van der Waals surface area contributed by atoms with Crippen LogP contribution in [0.2, 0.25) is 5.02 Å². The van der Waals surface area contributed by atoms with Crippen LogP contribution in [-0.2, 0) is 4.79 Å². The largest absolute Gasteiger partial charge is 0.339 e. The maximum Gasteiger partial charge on any atom is 0.254 e. The van der Waals surface area contributed by atoms with Crippen molar-refractivity contribution in [2.75, 3.05) is 26.2 Å². The topological polar surface area (TPSA) is 66.6 Å². The SMILES string of the molecule is NC(CC(=O)N1CCN(C(=O)c2cccc(Cl)c2)CC1)c1ccccc1. The molecule has 1 heterocycles. The third-order valence-corrected chi connectivity index (χ3v) is 4.85. The van der Waals surface area contributed by atoms with Gasteiger partial charge in [-0.25, -0.2) is 0 Å². The molecule has 0 aliphatic carbocycles. The minimum atomic E-state index is -0.310. The summed E-state index contributed by atoms with van der Waals surface area (Å²) in [6, 6.07) is 16.2. The lowest BCUT2D eigenvalue weighted by Gasteiger charge is -2.35. The first kappa shape index (κ1) is 18.4. The zero-order valence-corrected chi connectivity index (χ0v) is 15.2. The summed E-state index contributed by atoms with van der Waals surface area (Å²) in [4.78, 5) is 28.6. The summed E-state index contributed by atoms with van der Waals surface area (Å²) < 4.78 is 0. The molecule has 0 aromatic heterocycles. The van der Waals surface area contributed by atoms with E-state index in [0.717, 1.165) is 5.56 Å². The highest BCUT2D eigenvalue weighted by atomic mass is 35.5. The van der Waals surface area contributed by atoms with E-state index in [1.807, 2.05) is 30.3 Å². The highest BCUT2D eigenvalue weighted by molar-refractivity contribution is 6.30. The van der Waals surface area contributed by atoms with Gasteiger partial charge in [0.2, 0.25) is 5.91 Å². The third kappa shape index (κ3) is 4.42. The molecule has 1 fully saturated rings. The Morgan fingerprint density at radius 1 is 0.962 bits per heavy atom. The van der Waals surface area contributed by atoms with Gasteiger partial charge in [0.15, 0.2) is 0 Å². The molecule has 0 spiro atoms. The monoisotopic (exact) mass is 371 g/mol. The standard InChI is InChI=1S/C20H22ClN3O2/c21-17-8-4-7-16(13-17)20(26)24-11-9-23(10-12-24)19(25)14-18(22)15-5-2-1-3-6-15/h1-8,13,18H,9-12,14,22H2. The van der Waals surface area contributed by atoms with Gasteiger partial charge < -0.3 is 15.5 Å². The van der Waals surface area contributed by atoms with E-state index in [1.54, 1.807) is 34.1 Å². The quantitative estimate of drug-likeness (QED) is 0.898. The van der Waals surface area contributed by atoms with Gasteiger partial charge in [-0.1, -0.05) is 48.0 Å². The number of halogens is 1. The van der Waals surface area contributed by atoms with E-state index in [-0.39, 0.29) is 24.3 Å². The Kier molecular flexibility index (Phi) is 5.91. The zero-order chi connectivity index (χ0) is 18.5. The van der Waals surface area contributed by atoms with Crippen LogP contribution in [-0.4, -0.2) is 47.8 Å². The fraction of sp³-hybridized carbons (Fsp3) is 0.300. The Balaban J connectivity index is 1.53. The summed E-state index contributed by atoms with van der Waals surface area (Å²) in [5.74, 6) is -0.0307. The average molecular weight is 372 g/mol. The molecule has 0 radical (unpaired) electrons. The van der Waals surface area contributed by atoms with Crippen LogP contribution in [0.15, 0.2) is 54.6 Å². The van der Waals surface area contributed by atoms with Gasteiger partial charge in [0.05, 0.1) is 0 Å². The molecule has 2 amide bonds. The Hall–Kier alpha value is -2.37. The van der Waals surface area contributed by atoms with Gasteiger partial charge in [0.1, 0.15) is 0 Å². The Morgan fingerprint density at radius 2 is 1.62 bits per heavy atom. The number of carbonyl (C=O) groups excluding carboxylic acids is 2. The number of rotatable bonds is 4. The first-order valence-corrected chi connectivity index (χ1v) is 9.05. The second-order valence-electron chi connectivity index (χ2n) is 6.40. The van der Waals surface area contributed by atoms with Crippen molar-refractivity contribution >= 4 is 23.4 Å². The highest BCUT2D eigenvalue weighted by Crippen LogP contribution is 2.17. The van der Waals surface area contributed by atoms with Crippen molar-refractivity contribution in [3.05, 3.63) is 70.7 Å². The lowest BCUT2D eigenvalue weighted by Crippen LogP contribution is -2.51. The van der Waals surface area contributed by atoms with Gasteiger partial charge in [-0.15, -0.1) is 0 Å². The maximum atomic E-state index is 12.5. The van der Waals surface area contributed by atoms with Crippen LogP contribution < -0.4 is 5.73 Å². The van der Waals surface area contributed by atoms with E-state index in [1.165, 1.54) is 0 Å². The minimum Gasteiger partial charge on any atom is -0.339 e. The maximum absolute atomic E-state index is 12.5. The number of amides is 2. The summed E-state index contributed by atoms with van der Waals surface area (Å²) in [7, 11) is 0. The number of benzene rings is 2. The molecule has 0 saturated carbocycles. The van der Waals surface area contributed by atoms with Crippen molar-refractivity contribution in [3.63, 3.8) is 0 Å². The molecule has 1 atom stereocenters. The van der Waals surface area contributed by atoms with Crippen LogP contribution in [0.25, 0.3) is 0 Å². The molecule has 2 aromatic rings. The van der Waals surface area contributed by atoms with E-state index in [9.17, 15) is 9.59 Å². The first-order chi connectivity index (χ1) is 12.5. The molecule has 6 heteroatoms. The number of carbonyl (C=O) groups is 2. The van der Waals surface area contributed by atoms with E-state index in [2.05, 4.69) is 0 Å². The summed E-state index contributed by atoms with van der Waals surface area (Å²) in [5.41, 5.74) is 7.67. The lowest BCUT2D eigenvalue weighted by molar-refractivity contribution is -0.133. The molecule has 136 valence electrons. The van der Waals surface area contributed by atoms with Crippen LogP contribution in [0.3, 0.4) is 0 Å². The molecular formula is C20H22ClN3O2. The molecule has 0 bridgehead atoms. The van der Waals surface area contributed by atoms with E-state index in [4.69, 9.17) is 17.3 Å². The molecule has 2 N–H and O–H groups in total. The Morgan fingerprint density at radius 3 is 2.27 bits per heavy atom. The minimum absolute atomic E-state index is 0.0243. The second-order valence-corrected chi connectivity index (χ2v) is 6.84. The third-order valence-electron chi connectivity index (χ3n) is 4.61. The van der Waals surface area contributed by atoms with Crippen molar-refractivity contribution in [2.45, 2.75) is 12.5 Å². The van der Waals surface area contributed by atoms with Crippen LogP contribution in [0, 0.1) is 0 Å². The second kappa shape index (κ2) is 8.34. The fourth-order valence-electron chi connectivity index (χ4n) is 3.10. The molecule has 2 aromatic carbocycles. The van der Waals surface area contributed by atoms with E-state index in [0.29, 0.717) is 36.8 Å². The average Bonchev–Trinajstić information content (AvgIpc) is 2.68. The summed E-state index contributed by atoms with van der Waals surface area (Å²) in [6.07, 6.45) is 0.270. The number of nitrogens with two attached hydrogens (primary N) is 1. The van der Waals surface area contributed by atoms with E-state index >= 15 is 0 Å². The predicted octanol–water partition coefficient (Wildman–Crippen LogP) is 2.71. The van der Waals surface area contributed by atoms with Gasteiger partial charge in [0, 0.05) is 49.2 Å². The molecule has 1 saturated heterocycles. The number of nitrogens with zero attached hydrogens (tertiary/aromatic N) is 2. The molecule has 1 aliphatic rings. The molecular weight excluding hydrogens is 350 g/mol. The van der Waals surface area contributed by atoms with Crippen LogP contribution in [0.5, 0.6) is 0 Å². The predicted molar refractivity (Wildman–Crippen MR) is 102 cm³/mol. The van der Waals surface area contributed by atoms with Gasteiger partial charge in [0.25, 0.3) is 5.91 Å². The number of hydrogen-bond acceptors (Lipinski definition) is 3. The number of hydrogen-bond donors (Lipinski definition) is 1. The molecule has 3 rings (SSSR count). The molecule has 1 unspecified atom stereocenters. The normalized spacial score (nSPS) is 15.6. The van der Waals surface area contributed by atoms with Crippen molar-refractivity contribution in [1.29, 1.82) is 0 Å². The Bertz CT molecular complexity index is 774. The van der Waals surface area contributed by atoms with Gasteiger partial charge in [-0.2, -0.15) is 0 Å². The summed E-state index contributed by atoms with van der Waals surface area (Å²) >= 11 is 5.96. The van der Waals surface area contributed by atoms with Gasteiger partial charge in [-0.3, -0.25) is 9.59 Å².